The number of fused-ring (bicyclic) bond motifs is 1. The molecule has 1 unspecified atom stereocenters. The third kappa shape index (κ3) is 1.37. The van der Waals surface area contributed by atoms with Gasteiger partial charge in [-0.25, -0.2) is 4.99 Å². The van der Waals surface area contributed by atoms with E-state index in [0.29, 0.717) is 5.71 Å². The predicted octanol–water partition coefficient (Wildman–Crippen LogP) is 1.31. The minimum Gasteiger partial charge on any atom is -0.270 e. The van der Waals surface area contributed by atoms with E-state index in [1.807, 2.05) is 25.2 Å². The molecule has 1 atom stereocenters. The van der Waals surface area contributed by atoms with E-state index in [4.69, 9.17) is 0 Å². The first-order valence-electron chi connectivity index (χ1n) is 4.20. The average Bonchev–Trinajstić information content (AvgIpc) is 2.08. The van der Waals surface area contributed by atoms with Crippen LogP contribution in [0.2, 0.25) is 0 Å². The van der Waals surface area contributed by atoms with Crippen molar-refractivity contribution in [3.8, 4) is 0 Å². The molecule has 0 N–H and O–H groups in total. The summed E-state index contributed by atoms with van der Waals surface area (Å²) < 4.78 is 0. The second-order valence-corrected chi connectivity index (χ2v) is 3.25. The monoisotopic (exact) mass is 174 g/mol. The summed E-state index contributed by atoms with van der Waals surface area (Å²) in [7, 11) is 0. The van der Waals surface area contributed by atoms with E-state index in [2.05, 4.69) is 9.98 Å². The molecular formula is C10H10N2O. The van der Waals surface area contributed by atoms with Gasteiger partial charge in [0.15, 0.2) is 0 Å². The smallest absolute Gasteiger partial charge is 0.270 e. The lowest BCUT2D eigenvalue weighted by molar-refractivity contribution is -0.111. The summed E-state index contributed by atoms with van der Waals surface area (Å²) in [5, 5.41) is 0. The van der Waals surface area contributed by atoms with Crippen molar-refractivity contribution in [2.45, 2.75) is 19.9 Å². The fraction of sp³-hybridized carbons (Fsp3) is 0.300. The second-order valence-electron chi connectivity index (χ2n) is 3.25. The Kier molecular flexibility index (Phi) is 1.72. The van der Waals surface area contributed by atoms with Gasteiger partial charge in [0.05, 0.1) is 11.4 Å². The minimum atomic E-state index is -0.217. The van der Waals surface area contributed by atoms with E-state index in [9.17, 15) is 4.79 Å². The zero-order valence-electron chi connectivity index (χ0n) is 7.61. The van der Waals surface area contributed by atoms with E-state index in [-0.39, 0.29) is 11.9 Å². The van der Waals surface area contributed by atoms with E-state index < -0.39 is 0 Å². The highest BCUT2D eigenvalue weighted by Crippen LogP contribution is 2.14. The summed E-state index contributed by atoms with van der Waals surface area (Å²) in [4.78, 5) is 19.4. The molecule has 0 aromatic rings. The summed E-state index contributed by atoms with van der Waals surface area (Å²) >= 11 is 0. The third-order valence-electron chi connectivity index (χ3n) is 2.09. The Morgan fingerprint density at radius 1 is 1.38 bits per heavy atom. The van der Waals surface area contributed by atoms with Crippen molar-refractivity contribution in [3.63, 3.8) is 0 Å². The molecule has 0 saturated carbocycles. The molecule has 66 valence electrons. The van der Waals surface area contributed by atoms with Crippen LogP contribution in [0.5, 0.6) is 0 Å². The molecule has 3 nitrogen and oxygen atoms in total. The Morgan fingerprint density at radius 3 is 2.92 bits per heavy atom. The Balaban J connectivity index is 2.41. The molecule has 1 heterocycles. The Bertz CT molecular complexity index is 386. The molecule has 1 aliphatic heterocycles. The van der Waals surface area contributed by atoms with Crippen molar-refractivity contribution < 1.29 is 4.79 Å². The molecule has 0 aromatic heterocycles. The van der Waals surface area contributed by atoms with E-state index in [1.54, 1.807) is 6.92 Å². The Morgan fingerprint density at radius 2 is 2.15 bits per heavy atom. The molecule has 0 radical (unpaired) electrons. The average molecular weight is 174 g/mol. The highest BCUT2D eigenvalue weighted by Gasteiger charge is 2.21. The van der Waals surface area contributed by atoms with Crippen molar-refractivity contribution in [2.75, 3.05) is 0 Å². The maximum absolute atomic E-state index is 11.2. The molecule has 2 aliphatic rings. The number of carbonyl (C=O) groups is 1. The maximum atomic E-state index is 11.2. The van der Waals surface area contributed by atoms with Crippen LogP contribution in [0, 0.1) is 0 Å². The SMILES string of the molecule is CC1=CC2=NC(=O)C(C)=NC2C=C1. The van der Waals surface area contributed by atoms with Crippen molar-refractivity contribution in [1.29, 1.82) is 0 Å². The Labute approximate surface area is 76.6 Å². The number of rotatable bonds is 0. The highest BCUT2D eigenvalue weighted by molar-refractivity contribution is 6.42. The first-order chi connectivity index (χ1) is 6.16. The van der Waals surface area contributed by atoms with E-state index in [1.165, 1.54) is 0 Å². The van der Waals surface area contributed by atoms with Crippen LogP contribution < -0.4 is 0 Å². The van der Waals surface area contributed by atoms with E-state index >= 15 is 0 Å². The van der Waals surface area contributed by atoms with Gasteiger partial charge in [0, 0.05) is 0 Å². The molecule has 0 fully saturated rings. The van der Waals surface area contributed by atoms with Crippen LogP contribution in [0.4, 0.5) is 0 Å². The predicted molar refractivity (Wildman–Crippen MR) is 52.2 cm³/mol. The van der Waals surface area contributed by atoms with Gasteiger partial charge >= 0.3 is 0 Å². The number of allylic oxidation sites excluding steroid dienone is 2. The van der Waals surface area contributed by atoms with Gasteiger partial charge in [0.25, 0.3) is 5.91 Å². The van der Waals surface area contributed by atoms with Gasteiger partial charge < -0.3 is 0 Å². The standard InChI is InChI=1S/C10H10N2O/c1-6-3-4-8-9(5-6)12-10(13)7(2)11-8/h3-5,8H,1-2H3. The molecule has 3 heteroatoms. The van der Waals surface area contributed by atoms with Crippen LogP contribution in [0.15, 0.2) is 33.8 Å². The normalized spacial score (nSPS) is 26.2. The van der Waals surface area contributed by atoms with Crippen LogP contribution >= 0.6 is 0 Å². The van der Waals surface area contributed by atoms with Crippen LogP contribution in [0.3, 0.4) is 0 Å². The number of aliphatic imine (C=N–C) groups is 2. The first-order valence-corrected chi connectivity index (χ1v) is 4.20. The molecule has 0 saturated heterocycles. The fourth-order valence-electron chi connectivity index (χ4n) is 1.38. The lowest BCUT2D eigenvalue weighted by atomic mass is 10.0. The van der Waals surface area contributed by atoms with Crippen LogP contribution in [-0.4, -0.2) is 23.4 Å². The van der Waals surface area contributed by atoms with Gasteiger partial charge in [0.1, 0.15) is 6.04 Å². The van der Waals surface area contributed by atoms with Crippen molar-refractivity contribution in [2.24, 2.45) is 9.98 Å². The highest BCUT2D eigenvalue weighted by atomic mass is 16.1. The molecule has 0 bridgehead atoms. The van der Waals surface area contributed by atoms with Gasteiger partial charge in [-0.3, -0.25) is 9.79 Å². The number of hydrogen-bond acceptors (Lipinski definition) is 2. The summed E-state index contributed by atoms with van der Waals surface area (Å²) in [6.07, 6.45) is 5.86. The largest absolute Gasteiger partial charge is 0.290 e. The topological polar surface area (TPSA) is 41.8 Å². The summed E-state index contributed by atoms with van der Waals surface area (Å²) in [5.41, 5.74) is 2.36. The zero-order valence-corrected chi connectivity index (χ0v) is 7.61. The molecule has 1 aliphatic carbocycles. The van der Waals surface area contributed by atoms with Gasteiger partial charge in [-0.1, -0.05) is 12.2 Å². The molecular weight excluding hydrogens is 164 g/mol. The second kappa shape index (κ2) is 2.76. The maximum Gasteiger partial charge on any atom is 0.290 e. The first kappa shape index (κ1) is 8.10. The summed E-state index contributed by atoms with van der Waals surface area (Å²) in [6, 6.07) is -0.0404. The van der Waals surface area contributed by atoms with Crippen molar-refractivity contribution in [3.05, 3.63) is 23.8 Å². The van der Waals surface area contributed by atoms with E-state index in [0.717, 1.165) is 11.3 Å². The number of nitrogens with zero attached hydrogens (tertiary/aromatic N) is 2. The molecule has 2 rings (SSSR count). The van der Waals surface area contributed by atoms with Crippen molar-refractivity contribution >= 4 is 17.3 Å². The molecule has 1 amide bonds. The van der Waals surface area contributed by atoms with Crippen LogP contribution in [0.1, 0.15) is 13.8 Å². The van der Waals surface area contributed by atoms with Crippen molar-refractivity contribution in [1.82, 2.24) is 0 Å². The lowest BCUT2D eigenvalue weighted by Crippen LogP contribution is -2.27. The fourth-order valence-corrected chi connectivity index (χ4v) is 1.38. The Hall–Kier alpha value is -1.51. The number of hydrogen-bond donors (Lipinski definition) is 0. The minimum absolute atomic E-state index is 0.0404. The van der Waals surface area contributed by atoms with Gasteiger partial charge in [0.2, 0.25) is 0 Å². The number of carbonyl (C=O) groups excluding carboxylic acids is 1. The zero-order chi connectivity index (χ0) is 9.42. The van der Waals surface area contributed by atoms with Gasteiger partial charge in [-0.2, -0.15) is 0 Å². The molecule has 13 heavy (non-hydrogen) atoms. The lowest BCUT2D eigenvalue weighted by Gasteiger charge is -2.17. The third-order valence-corrected chi connectivity index (χ3v) is 2.09. The molecule has 0 aromatic carbocycles. The summed E-state index contributed by atoms with van der Waals surface area (Å²) in [5.74, 6) is -0.217. The molecule has 0 spiro atoms. The van der Waals surface area contributed by atoms with Gasteiger partial charge in [-0.05, 0) is 25.5 Å². The van der Waals surface area contributed by atoms with Crippen LogP contribution in [-0.2, 0) is 4.79 Å². The van der Waals surface area contributed by atoms with Gasteiger partial charge in [-0.15, -0.1) is 0 Å². The summed E-state index contributed by atoms with van der Waals surface area (Å²) in [6.45, 7) is 3.67. The number of amides is 1. The van der Waals surface area contributed by atoms with Crippen LogP contribution in [0.25, 0.3) is 0 Å². The quantitative estimate of drug-likeness (QED) is 0.546.